The van der Waals surface area contributed by atoms with Gasteiger partial charge < -0.3 is 10.3 Å². The summed E-state index contributed by atoms with van der Waals surface area (Å²) < 4.78 is 12.9. The largest absolute Gasteiger partial charge is 0.361 e. The van der Waals surface area contributed by atoms with Crippen molar-refractivity contribution in [2.45, 2.75) is 18.8 Å². The molecule has 0 bridgehead atoms. The van der Waals surface area contributed by atoms with E-state index in [1.165, 1.54) is 29.5 Å². The normalized spacial score (nSPS) is 19.0. The van der Waals surface area contributed by atoms with Gasteiger partial charge in [0.15, 0.2) is 0 Å². The van der Waals surface area contributed by atoms with Crippen LogP contribution in [-0.4, -0.2) is 18.1 Å². The predicted molar refractivity (Wildman–Crippen MR) is 96.8 cm³/mol. The van der Waals surface area contributed by atoms with Crippen LogP contribution in [0.3, 0.4) is 0 Å². The van der Waals surface area contributed by atoms with E-state index in [1.54, 1.807) is 0 Å². The average molecular weight is 333 g/mol. The van der Waals surface area contributed by atoms with Crippen molar-refractivity contribution in [1.82, 2.24) is 10.3 Å². The minimum atomic E-state index is -0.184. The van der Waals surface area contributed by atoms with Crippen molar-refractivity contribution in [2.75, 3.05) is 13.1 Å². The number of nitrogens with zero attached hydrogens (tertiary/aromatic N) is 1. The van der Waals surface area contributed by atoms with E-state index in [-0.39, 0.29) is 5.82 Å². The summed E-state index contributed by atoms with van der Waals surface area (Å²) in [5.74, 6) is 1.04. The molecule has 0 spiro atoms. The monoisotopic (exact) mass is 333 g/mol. The first-order valence-electron chi connectivity index (χ1n) is 8.71. The number of rotatable bonds is 6. The SMILES string of the molecule is N#Cc1ccc2[nH]cc(C3CC3CNCCc3ccc(F)cc3)c2c1. The maximum Gasteiger partial charge on any atom is 0.123 e. The van der Waals surface area contributed by atoms with Crippen LogP contribution in [0.1, 0.15) is 29.0 Å². The van der Waals surface area contributed by atoms with Crippen molar-refractivity contribution in [3.05, 3.63) is 71.2 Å². The van der Waals surface area contributed by atoms with E-state index < -0.39 is 0 Å². The molecule has 0 amide bonds. The Hall–Kier alpha value is -2.64. The van der Waals surface area contributed by atoms with Gasteiger partial charge in [0.05, 0.1) is 11.6 Å². The second-order valence-electron chi connectivity index (χ2n) is 6.80. The van der Waals surface area contributed by atoms with E-state index in [0.717, 1.165) is 30.6 Å². The summed E-state index contributed by atoms with van der Waals surface area (Å²) in [5.41, 5.74) is 4.30. The van der Waals surface area contributed by atoms with Gasteiger partial charge in [0.1, 0.15) is 5.82 Å². The van der Waals surface area contributed by atoms with E-state index in [2.05, 4.69) is 22.6 Å². The van der Waals surface area contributed by atoms with Crippen molar-refractivity contribution in [2.24, 2.45) is 5.92 Å². The predicted octanol–water partition coefficient (Wildman–Crippen LogP) is 4.11. The molecule has 4 heteroatoms. The van der Waals surface area contributed by atoms with Crippen LogP contribution >= 0.6 is 0 Å². The lowest BCUT2D eigenvalue weighted by Gasteiger charge is -2.05. The molecule has 2 atom stereocenters. The molecule has 2 N–H and O–H groups in total. The molecule has 4 rings (SSSR count). The lowest BCUT2D eigenvalue weighted by atomic mass is 10.1. The third-order valence-electron chi connectivity index (χ3n) is 5.08. The molecule has 1 aliphatic carbocycles. The van der Waals surface area contributed by atoms with Gasteiger partial charge in [-0.25, -0.2) is 4.39 Å². The van der Waals surface area contributed by atoms with Crippen molar-refractivity contribution in [3.63, 3.8) is 0 Å². The van der Waals surface area contributed by atoms with Crippen molar-refractivity contribution in [1.29, 1.82) is 5.26 Å². The Morgan fingerprint density at radius 2 is 2.04 bits per heavy atom. The second kappa shape index (κ2) is 6.70. The zero-order valence-corrected chi connectivity index (χ0v) is 13.9. The highest BCUT2D eigenvalue weighted by Crippen LogP contribution is 2.49. The highest BCUT2D eigenvalue weighted by molar-refractivity contribution is 5.85. The third-order valence-corrected chi connectivity index (χ3v) is 5.08. The first-order chi connectivity index (χ1) is 12.2. The van der Waals surface area contributed by atoms with Gasteiger partial charge in [-0.2, -0.15) is 5.26 Å². The molecule has 2 aromatic carbocycles. The van der Waals surface area contributed by atoms with Gasteiger partial charge in [0.2, 0.25) is 0 Å². The summed E-state index contributed by atoms with van der Waals surface area (Å²) in [5, 5.41) is 13.8. The van der Waals surface area contributed by atoms with Crippen molar-refractivity contribution >= 4 is 10.9 Å². The summed E-state index contributed by atoms with van der Waals surface area (Å²) >= 11 is 0. The Balaban J connectivity index is 1.31. The molecule has 1 aliphatic rings. The highest BCUT2D eigenvalue weighted by atomic mass is 19.1. The number of halogens is 1. The molecule has 1 heterocycles. The van der Waals surface area contributed by atoms with E-state index in [0.29, 0.717) is 17.4 Å². The molecule has 0 saturated heterocycles. The number of aromatic amines is 1. The topological polar surface area (TPSA) is 51.6 Å². The number of aromatic nitrogens is 1. The maximum atomic E-state index is 12.9. The number of benzene rings is 2. The molecular formula is C21H20FN3. The Bertz CT molecular complexity index is 920. The molecule has 1 aromatic heterocycles. The first kappa shape index (κ1) is 15.9. The Morgan fingerprint density at radius 1 is 1.20 bits per heavy atom. The van der Waals surface area contributed by atoms with Gasteiger partial charge in [0.25, 0.3) is 0 Å². The molecular weight excluding hydrogens is 313 g/mol. The molecule has 3 nitrogen and oxygen atoms in total. The Kier molecular flexibility index (Phi) is 4.25. The van der Waals surface area contributed by atoms with Gasteiger partial charge in [-0.1, -0.05) is 12.1 Å². The summed E-state index contributed by atoms with van der Waals surface area (Å²) in [4.78, 5) is 3.31. The molecule has 1 saturated carbocycles. The second-order valence-corrected chi connectivity index (χ2v) is 6.80. The summed E-state index contributed by atoms with van der Waals surface area (Å²) in [6.07, 6.45) is 4.19. The van der Waals surface area contributed by atoms with Gasteiger partial charge >= 0.3 is 0 Å². The summed E-state index contributed by atoms with van der Waals surface area (Å²) in [6, 6.07) is 14.7. The van der Waals surface area contributed by atoms with Crippen LogP contribution in [0.5, 0.6) is 0 Å². The van der Waals surface area contributed by atoms with Crippen LogP contribution in [0.4, 0.5) is 4.39 Å². The van der Waals surface area contributed by atoms with E-state index in [1.807, 2.05) is 30.3 Å². The fourth-order valence-electron chi connectivity index (χ4n) is 3.54. The lowest BCUT2D eigenvalue weighted by molar-refractivity contribution is 0.619. The van der Waals surface area contributed by atoms with Crippen LogP contribution < -0.4 is 5.32 Å². The number of nitrogens with one attached hydrogen (secondary N) is 2. The van der Waals surface area contributed by atoms with Crippen LogP contribution in [0.2, 0.25) is 0 Å². The molecule has 25 heavy (non-hydrogen) atoms. The van der Waals surface area contributed by atoms with E-state index >= 15 is 0 Å². The standard InChI is InChI=1S/C21H20FN3/c22-17-4-1-14(2-5-17)7-8-24-12-16-10-18(16)20-13-25-21-6-3-15(11-23)9-19(20)21/h1-6,9,13,16,18,24-25H,7-8,10,12H2. The van der Waals surface area contributed by atoms with Crippen LogP contribution in [0.25, 0.3) is 10.9 Å². The number of hydrogen-bond donors (Lipinski definition) is 2. The highest BCUT2D eigenvalue weighted by Gasteiger charge is 2.39. The molecule has 126 valence electrons. The van der Waals surface area contributed by atoms with Crippen LogP contribution in [0.15, 0.2) is 48.7 Å². The summed E-state index contributed by atoms with van der Waals surface area (Å²) in [7, 11) is 0. The molecule has 0 aliphatic heterocycles. The molecule has 3 aromatic rings. The zero-order valence-electron chi connectivity index (χ0n) is 13.9. The summed E-state index contributed by atoms with van der Waals surface area (Å²) in [6.45, 7) is 1.90. The van der Waals surface area contributed by atoms with E-state index in [9.17, 15) is 4.39 Å². The van der Waals surface area contributed by atoms with Crippen LogP contribution in [0, 0.1) is 23.1 Å². The van der Waals surface area contributed by atoms with Gasteiger partial charge in [0, 0.05) is 17.1 Å². The molecule has 0 radical (unpaired) electrons. The van der Waals surface area contributed by atoms with Gasteiger partial charge in [-0.05, 0) is 79.2 Å². The first-order valence-corrected chi connectivity index (χ1v) is 8.71. The third kappa shape index (κ3) is 3.42. The molecule has 1 fully saturated rings. The van der Waals surface area contributed by atoms with E-state index in [4.69, 9.17) is 5.26 Å². The fraction of sp³-hybridized carbons (Fsp3) is 0.286. The average Bonchev–Trinajstić information content (AvgIpc) is 3.28. The van der Waals surface area contributed by atoms with Crippen molar-refractivity contribution < 1.29 is 4.39 Å². The van der Waals surface area contributed by atoms with Crippen molar-refractivity contribution in [3.8, 4) is 6.07 Å². The van der Waals surface area contributed by atoms with Crippen LogP contribution in [-0.2, 0) is 6.42 Å². The lowest BCUT2D eigenvalue weighted by Crippen LogP contribution is -2.20. The minimum absolute atomic E-state index is 0.184. The molecule has 2 unspecified atom stereocenters. The zero-order chi connectivity index (χ0) is 17.2. The maximum absolute atomic E-state index is 12.9. The fourth-order valence-corrected chi connectivity index (χ4v) is 3.54. The number of H-pyrrole nitrogens is 1. The van der Waals surface area contributed by atoms with Gasteiger partial charge in [-0.15, -0.1) is 0 Å². The van der Waals surface area contributed by atoms with Gasteiger partial charge in [-0.3, -0.25) is 0 Å². The number of hydrogen-bond acceptors (Lipinski definition) is 2. The number of nitriles is 1. The number of fused-ring (bicyclic) bond motifs is 1. The Labute approximate surface area is 146 Å². The smallest absolute Gasteiger partial charge is 0.123 e. The minimum Gasteiger partial charge on any atom is -0.361 e. The Morgan fingerprint density at radius 3 is 2.84 bits per heavy atom. The quantitative estimate of drug-likeness (QED) is 0.667.